The van der Waals surface area contributed by atoms with Crippen LogP contribution in [0.15, 0.2) is 65.7 Å². The number of aromatic nitrogens is 8. The molecule has 0 aliphatic carbocycles. The summed E-state index contributed by atoms with van der Waals surface area (Å²) in [6.07, 6.45) is 6.66. The number of hydrogen-bond acceptors (Lipinski definition) is 9. The largest absolute Gasteiger partial charge is 0.490 e. The molecule has 3 heterocycles. The molecule has 0 aliphatic heterocycles. The summed E-state index contributed by atoms with van der Waals surface area (Å²) in [5.74, 6) is 1.78. The fourth-order valence-corrected chi connectivity index (χ4v) is 4.65. The van der Waals surface area contributed by atoms with Crippen molar-refractivity contribution in [2.24, 2.45) is 0 Å². The maximum Gasteiger partial charge on any atom is 0.264 e. The Hall–Kier alpha value is -4.77. The van der Waals surface area contributed by atoms with Crippen LogP contribution in [0.4, 0.5) is 0 Å². The van der Waals surface area contributed by atoms with Crippen molar-refractivity contribution in [1.29, 1.82) is 0 Å². The second-order valence-electron chi connectivity index (χ2n) is 9.63. The number of aliphatic hydroxyl groups is 1. The number of hydrogen-bond donors (Lipinski definition) is 2. The van der Waals surface area contributed by atoms with Crippen LogP contribution in [-0.2, 0) is 12.8 Å². The molecule has 0 saturated carbocycles. The van der Waals surface area contributed by atoms with E-state index in [1.54, 1.807) is 6.92 Å². The lowest BCUT2D eigenvalue weighted by Crippen LogP contribution is -2.29. The number of aryl methyl sites for hydroxylation is 2. The Morgan fingerprint density at radius 2 is 1.76 bits per heavy atom. The summed E-state index contributed by atoms with van der Waals surface area (Å²) < 4.78 is 6.99. The summed E-state index contributed by atoms with van der Waals surface area (Å²) >= 11 is 0. The Kier molecular flexibility index (Phi) is 8.85. The second-order valence-corrected chi connectivity index (χ2v) is 9.63. The zero-order chi connectivity index (χ0) is 28.6. The molecule has 41 heavy (non-hydrogen) atoms. The van der Waals surface area contributed by atoms with Gasteiger partial charge in [0.15, 0.2) is 5.75 Å². The molecule has 0 atom stereocenters. The smallest absolute Gasteiger partial charge is 0.264 e. The van der Waals surface area contributed by atoms with Crippen LogP contribution in [0, 0.1) is 6.92 Å². The monoisotopic (exact) mass is 552 g/mol. The lowest BCUT2D eigenvalue weighted by molar-refractivity contribution is 0.232. The molecule has 210 valence electrons. The molecule has 0 saturated heterocycles. The highest BCUT2D eigenvalue weighted by molar-refractivity contribution is 5.80. The first-order valence-electron chi connectivity index (χ1n) is 13.7. The molecule has 0 radical (unpaired) electrons. The Morgan fingerprint density at radius 1 is 1.00 bits per heavy atom. The molecular formula is C30H32N8O3. The van der Waals surface area contributed by atoms with Gasteiger partial charge in [0.05, 0.1) is 24.7 Å². The van der Waals surface area contributed by atoms with Gasteiger partial charge >= 0.3 is 0 Å². The van der Waals surface area contributed by atoms with Gasteiger partial charge in [-0.3, -0.25) is 4.79 Å². The predicted molar refractivity (Wildman–Crippen MR) is 154 cm³/mol. The van der Waals surface area contributed by atoms with Gasteiger partial charge in [-0.05, 0) is 41.7 Å². The first-order valence-corrected chi connectivity index (χ1v) is 13.7. The van der Waals surface area contributed by atoms with E-state index in [-0.39, 0.29) is 18.1 Å². The normalized spacial score (nSPS) is 11.1. The van der Waals surface area contributed by atoms with Crippen molar-refractivity contribution in [2.75, 3.05) is 13.2 Å². The number of nitrogens with zero attached hydrogens (tertiary/aromatic N) is 7. The molecule has 0 aliphatic rings. The van der Waals surface area contributed by atoms with Crippen LogP contribution in [0.5, 0.6) is 5.75 Å². The Bertz CT molecular complexity index is 1630. The standard InChI is InChI=1S/C30H32N8O3/c1-3-4-10-27-26(29(40)38(20(2)33-27)30-31-18-23(19-32-30)41-16-7-15-39)17-21-11-13-22(14-12-21)24-8-5-6-9-25(24)28-34-36-37-35-28/h5-6,8-9,11-14,18-19,39H,3-4,7,10,15-17H2,1-2H3,(H,34,35,36,37). The number of ether oxygens (including phenoxy) is 1. The fourth-order valence-electron chi connectivity index (χ4n) is 4.65. The van der Waals surface area contributed by atoms with E-state index in [9.17, 15) is 4.79 Å². The van der Waals surface area contributed by atoms with Gasteiger partial charge < -0.3 is 9.84 Å². The number of benzene rings is 2. The molecule has 0 unspecified atom stereocenters. The van der Waals surface area contributed by atoms with Crippen LogP contribution in [0.25, 0.3) is 28.5 Å². The van der Waals surface area contributed by atoms with Crippen LogP contribution in [0.3, 0.4) is 0 Å². The van der Waals surface area contributed by atoms with E-state index in [0.717, 1.165) is 47.2 Å². The number of aliphatic hydroxyl groups excluding tert-OH is 1. The minimum atomic E-state index is -0.177. The molecule has 0 spiro atoms. The van der Waals surface area contributed by atoms with Gasteiger partial charge in [0.1, 0.15) is 5.82 Å². The van der Waals surface area contributed by atoms with Crippen molar-refractivity contribution in [1.82, 2.24) is 40.1 Å². The highest BCUT2D eigenvalue weighted by Gasteiger charge is 2.18. The zero-order valence-corrected chi connectivity index (χ0v) is 23.1. The van der Waals surface area contributed by atoms with Crippen molar-refractivity contribution >= 4 is 0 Å². The third kappa shape index (κ3) is 6.36. The van der Waals surface area contributed by atoms with Gasteiger partial charge in [-0.1, -0.05) is 61.9 Å². The number of H-pyrrole nitrogens is 1. The Labute approximate surface area is 237 Å². The van der Waals surface area contributed by atoms with E-state index in [0.29, 0.717) is 42.4 Å². The molecule has 11 heteroatoms. The lowest BCUT2D eigenvalue weighted by atomic mass is 9.96. The summed E-state index contributed by atoms with van der Waals surface area (Å²) in [4.78, 5) is 27.5. The molecule has 11 nitrogen and oxygen atoms in total. The topological polar surface area (TPSA) is 145 Å². The summed E-state index contributed by atoms with van der Waals surface area (Å²) in [6.45, 7) is 4.32. The molecule has 2 N–H and O–H groups in total. The van der Waals surface area contributed by atoms with Crippen molar-refractivity contribution in [3.63, 3.8) is 0 Å². The molecule has 0 amide bonds. The van der Waals surface area contributed by atoms with Crippen LogP contribution in [0.2, 0.25) is 0 Å². The average molecular weight is 553 g/mol. The highest BCUT2D eigenvalue weighted by Crippen LogP contribution is 2.30. The Balaban J connectivity index is 1.46. The average Bonchev–Trinajstić information content (AvgIpc) is 3.54. The summed E-state index contributed by atoms with van der Waals surface area (Å²) in [5.41, 5.74) is 5.14. The Morgan fingerprint density at radius 3 is 2.44 bits per heavy atom. The quantitative estimate of drug-likeness (QED) is 0.220. The molecule has 2 aromatic carbocycles. The number of aromatic amines is 1. The van der Waals surface area contributed by atoms with Crippen LogP contribution in [-0.4, -0.2) is 58.5 Å². The predicted octanol–water partition coefficient (Wildman–Crippen LogP) is 3.87. The van der Waals surface area contributed by atoms with Gasteiger partial charge in [-0.25, -0.2) is 19.5 Å². The molecular weight excluding hydrogens is 520 g/mol. The van der Waals surface area contributed by atoms with Gasteiger partial charge in [-0.15, -0.1) is 10.2 Å². The molecule has 3 aromatic heterocycles. The van der Waals surface area contributed by atoms with Crippen LogP contribution < -0.4 is 10.3 Å². The molecule has 5 aromatic rings. The van der Waals surface area contributed by atoms with Gasteiger partial charge in [-0.2, -0.15) is 5.21 Å². The van der Waals surface area contributed by atoms with E-state index in [1.807, 2.05) is 48.5 Å². The van der Waals surface area contributed by atoms with Crippen molar-refractivity contribution in [3.05, 3.63) is 93.9 Å². The van der Waals surface area contributed by atoms with E-state index >= 15 is 0 Å². The molecule has 0 fully saturated rings. The summed E-state index contributed by atoms with van der Waals surface area (Å²) in [6, 6.07) is 16.0. The minimum absolute atomic E-state index is 0.0443. The maximum atomic E-state index is 13.9. The third-order valence-electron chi connectivity index (χ3n) is 6.74. The number of tetrazole rings is 1. The van der Waals surface area contributed by atoms with E-state index < -0.39 is 0 Å². The molecule has 0 bridgehead atoms. The maximum absolute atomic E-state index is 13.9. The van der Waals surface area contributed by atoms with Crippen molar-refractivity contribution in [2.45, 2.75) is 46.0 Å². The number of unbranched alkanes of at least 4 members (excludes halogenated alkanes) is 1. The van der Waals surface area contributed by atoms with Gasteiger partial charge in [0.2, 0.25) is 11.8 Å². The van der Waals surface area contributed by atoms with E-state index in [1.165, 1.54) is 17.0 Å². The van der Waals surface area contributed by atoms with E-state index in [2.05, 4.69) is 37.5 Å². The SMILES string of the molecule is CCCCc1nc(C)n(-c2ncc(OCCCO)cn2)c(=O)c1Cc1ccc(-c2ccccc2-c2nn[nH]n2)cc1. The third-order valence-corrected chi connectivity index (χ3v) is 6.74. The van der Waals surface area contributed by atoms with Gasteiger partial charge in [0, 0.05) is 30.6 Å². The minimum Gasteiger partial charge on any atom is -0.490 e. The highest BCUT2D eigenvalue weighted by atomic mass is 16.5. The summed E-state index contributed by atoms with van der Waals surface area (Å²) in [5, 5.41) is 23.4. The first-order chi connectivity index (χ1) is 20.1. The first kappa shape index (κ1) is 27.8. The fraction of sp³-hybridized carbons (Fsp3) is 0.300. The second kappa shape index (κ2) is 13.1. The number of rotatable bonds is 12. The lowest BCUT2D eigenvalue weighted by Gasteiger charge is -2.15. The summed E-state index contributed by atoms with van der Waals surface area (Å²) in [7, 11) is 0. The van der Waals surface area contributed by atoms with Crippen LogP contribution >= 0.6 is 0 Å². The van der Waals surface area contributed by atoms with Gasteiger partial charge in [0.25, 0.3) is 5.56 Å². The number of nitrogens with one attached hydrogen (secondary N) is 1. The van der Waals surface area contributed by atoms with Crippen molar-refractivity contribution in [3.8, 4) is 34.2 Å². The zero-order valence-electron chi connectivity index (χ0n) is 23.1. The van der Waals surface area contributed by atoms with E-state index in [4.69, 9.17) is 14.8 Å². The molecule has 5 rings (SSSR count). The van der Waals surface area contributed by atoms with Crippen molar-refractivity contribution < 1.29 is 9.84 Å². The van der Waals surface area contributed by atoms with Crippen LogP contribution in [0.1, 0.15) is 48.8 Å².